The van der Waals surface area contributed by atoms with Crippen LogP contribution in [0.1, 0.15) is 26.3 Å². The summed E-state index contributed by atoms with van der Waals surface area (Å²) in [6.07, 6.45) is 2.57. The number of carboxylic acid groups (broad SMARTS) is 1. The van der Waals surface area contributed by atoms with Gasteiger partial charge in [-0.15, -0.1) is 0 Å². The highest BCUT2D eigenvalue weighted by molar-refractivity contribution is 5.94. The molecule has 0 saturated carbocycles. The minimum absolute atomic E-state index is 0.0921. The molecular formula is C14H12N2O4. The van der Waals surface area contributed by atoms with Gasteiger partial charge in [-0.2, -0.15) is 0 Å². The third kappa shape index (κ3) is 3.32. The molecule has 6 heteroatoms. The van der Waals surface area contributed by atoms with Gasteiger partial charge in [-0.3, -0.25) is 9.78 Å². The lowest BCUT2D eigenvalue weighted by atomic mass is 10.1. The SMILES string of the molecule is O=C(O)c1cccc(CNC(=O)c2cncc(O)c2)c1. The van der Waals surface area contributed by atoms with Gasteiger partial charge in [0.2, 0.25) is 0 Å². The van der Waals surface area contributed by atoms with Gasteiger partial charge in [0, 0.05) is 12.7 Å². The van der Waals surface area contributed by atoms with Crippen LogP contribution < -0.4 is 5.32 Å². The lowest BCUT2D eigenvalue weighted by molar-refractivity contribution is 0.0696. The molecule has 3 N–H and O–H groups in total. The summed E-state index contributed by atoms with van der Waals surface area (Å²) in [5.41, 5.74) is 1.07. The molecule has 0 aliphatic heterocycles. The van der Waals surface area contributed by atoms with E-state index in [0.717, 1.165) is 0 Å². The van der Waals surface area contributed by atoms with Crippen molar-refractivity contribution < 1.29 is 19.8 Å². The van der Waals surface area contributed by atoms with Gasteiger partial charge >= 0.3 is 5.97 Å². The Hall–Kier alpha value is -2.89. The lowest BCUT2D eigenvalue weighted by Gasteiger charge is -2.06. The number of carbonyl (C=O) groups is 2. The van der Waals surface area contributed by atoms with Gasteiger partial charge in [0.1, 0.15) is 5.75 Å². The van der Waals surface area contributed by atoms with Crippen LogP contribution in [0.2, 0.25) is 0 Å². The Morgan fingerprint density at radius 1 is 1.15 bits per heavy atom. The smallest absolute Gasteiger partial charge is 0.335 e. The number of pyridine rings is 1. The quantitative estimate of drug-likeness (QED) is 0.781. The molecule has 0 aliphatic carbocycles. The summed E-state index contributed by atoms with van der Waals surface area (Å²) in [5, 5.41) is 20.7. The van der Waals surface area contributed by atoms with E-state index >= 15 is 0 Å². The molecule has 1 aromatic heterocycles. The van der Waals surface area contributed by atoms with Crippen molar-refractivity contribution >= 4 is 11.9 Å². The second-order valence-electron chi connectivity index (χ2n) is 4.12. The maximum atomic E-state index is 11.8. The van der Waals surface area contributed by atoms with Crippen LogP contribution in [-0.4, -0.2) is 27.1 Å². The zero-order valence-corrected chi connectivity index (χ0v) is 10.4. The summed E-state index contributed by atoms with van der Waals surface area (Å²) < 4.78 is 0. The number of aromatic carboxylic acids is 1. The first kappa shape index (κ1) is 13.5. The first-order valence-corrected chi connectivity index (χ1v) is 5.81. The normalized spacial score (nSPS) is 10.0. The van der Waals surface area contributed by atoms with E-state index in [9.17, 15) is 14.7 Å². The third-order valence-electron chi connectivity index (χ3n) is 2.61. The molecule has 0 saturated heterocycles. The van der Waals surface area contributed by atoms with E-state index in [2.05, 4.69) is 10.3 Å². The number of hydrogen-bond acceptors (Lipinski definition) is 4. The number of aromatic nitrogens is 1. The minimum Gasteiger partial charge on any atom is -0.506 e. The summed E-state index contributed by atoms with van der Waals surface area (Å²) >= 11 is 0. The fourth-order valence-electron chi connectivity index (χ4n) is 1.65. The number of nitrogens with one attached hydrogen (secondary N) is 1. The molecule has 6 nitrogen and oxygen atoms in total. The van der Waals surface area contributed by atoms with Gasteiger partial charge in [-0.05, 0) is 23.8 Å². The van der Waals surface area contributed by atoms with Gasteiger partial charge in [0.25, 0.3) is 5.91 Å². The Morgan fingerprint density at radius 2 is 1.95 bits per heavy atom. The van der Waals surface area contributed by atoms with Gasteiger partial charge in [-0.25, -0.2) is 4.79 Å². The average molecular weight is 272 g/mol. The molecular weight excluding hydrogens is 260 g/mol. The van der Waals surface area contributed by atoms with Crippen LogP contribution in [0.15, 0.2) is 42.7 Å². The predicted molar refractivity (Wildman–Crippen MR) is 70.5 cm³/mol. The van der Waals surface area contributed by atoms with Crippen LogP contribution >= 0.6 is 0 Å². The number of carbonyl (C=O) groups excluding carboxylic acids is 1. The Labute approximate surface area is 114 Å². The van der Waals surface area contributed by atoms with Crippen LogP contribution in [0.3, 0.4) is 0 Å². The van der Waals surface area contributed by atoms with Gasteiger partial charge in [-0.1, -0.05) is 12.1 Å². The molecule has 0 atom stereocenters. The van der Waals surface area contributed by atoms with Crippen molar-refractivity contribution in [3.8, 4) is 5.75 Å². The number of nitrogens with zero attached hydrogens (tertiary/aromatic N) is 1. The maximum Gasteiger partial charge on any atom is 0.335 e. The number of rotatable bonds is 4. The van der Waals surface area contributed by atoms with Crippen LogP contribution in [0.5, 0.6) is 5.75 Å². The van der Waals surface area contributed by atoms with E-state index in [1.165, 1.54) is 30.6 Å². The number of benzene rings is 1. The molecule has 0 bridgehead atoms. The second kappa shape index (κ2) is 5.83. The first-order chi connectivity index (χ1) is 9.56. The fourth-order valence-corrected chi connectivity index (χ4v) is 1.65. The highest BCUT2D eigenvalue weighted by atomic mass is 16.4. The number of hydrogen-bond donors (Lipinski definition) is 3. The second-order valence-corrected chi connectivity index (χ2v) is 4.12. The number of carboxylic acids is 1. The van der Waals surface area contributed by atoms with Gasteiger partial charge in [0.05, 0.1) is 17.3 Å². The van der Waals surface area contributed by atoms with Crippen molar-refractivity contribution in [3.05, 3.63) is 59.4 Å². The number of aromatic hydroxyl groups is 1. The molecule has 0 spiro atoms. The zero-order chi connectivity index (χ0) is 14.5. The van der Waals surface area contributed by atoms with Crippen LogP contribution in [-0.2, 0) is 6.54 Å². The average Bonchev–Trinajstić information content (AvgIpc) is 2.45. The molecule has 0 aliphatic rings. The molecule has 2 rings (SSSR count). The van der Waals surface area contributed by atoms with E-state index < -0.39 is 11.9 Å². The highest BCUT2D eigenvalue weighted by Crippen LogP contribution is 2.09. The highest BCUT2D eigenvalue weighted by Gasteiger charge is 2.08. The number of amides is 1. The van der Waals surface area contributed by atoms with Crippen molar-refractivity contribution in [2.75, 3.05) is 0 Å². The summed E-state index contributed by atoms with van der Waals surface area (Å²) in [6.45, 7) is 0.190. The Bertz CT molecular complexity index is 655. The molecule has 0 radical (unpaired) electrons. The summed E-state index contributed by atoms with van der Waals surface area (Å²) in [7, 11) is 0. The molecule has 1 amide bonds. The molecule has 2 aromatic rings. The molecule has 102 valence electrons. The Balaban J connectivity index is 2.03. The van der Waals surface area contributed by atoms with E-state index in [4.69, 9.17) is 5.11 Å². The van der Waals surface area contributed by atoms with Crippen molar-refractivity contribution in [1.29, 1.82) is 0 Å². The first-order valence-electron chi connectivity index (χ1n) is 5.81. The van der Waals surface area contributed by atoms with Gasteiger partial charge < -0.3 is 15.5 Å². The van der Waals surface area contributed by atoms with Gasteiger partial charge in [0.15, 0.2) is 0 Å². The van der Waals surface area contributed by atoms with Crippen molar-refractivity contribution in [2.45, 2.75) is 6.54 Å². The van der Waals surface area contributed by atoms with Crippen molar-refractivity contribution in [3.63, 3.8) is 0 Å². The van der Waals surface area contributed by atoms with E-state index in [0.29, 0.717) is 5.56 Å². The van der Waals surface area contributed by atoms with E-state index in [1.54, 1.807) is 12.1 Å². The Morgan fingerprint density at radius 3 is 2.65 bits per heavy atom. The summed E-state index contributed by atoms with van der Waals surface area (Å²) in [4.78, 5) is 26.3. The van der Waals surface area contributed by atoms with E-state index in [1.807, 2.05) is 0 Å². The Kier molecular flexibility index (Phi) is 3.95. The fraction of sp³-hybridized carbons (Fsp3) is 0.0714. The monoisotopic (exact) mass is 272 g/mol. The van der Waals surface area contributed by atoms with Crippen LogP contribution in [0.25, 0.3) is 0 Å². The lowest BCUT2D eigenvalue weighted by Crippen LogP contribution is -2.23. The molecule has 20 heavy (non-hydrogen) atoms. The van der Waals surface area contributed by atoms with Crippen LogP contribution in [0, 0.1) is 0 Å². The molecule has 0 fully saturated rings. The van der Waals surface area contributed by atoms with Crippen molar-refractivity contribution in [2.24, 2.45) is 0 Å². The van der Waals surface area contributed by atoms with E-state index in [-0.39, 0.29) is 23.4 Å². The molecule has 1 aromatic carbocycles. The summed E-state index contributed by atoms with van der Waals surface area (Å²) in [6, 6.07) is 7.60. The summed E-state index contributed by atoms with van der Waals surface area (Å²) in [5.74, 6) is -1.50. The molecule has 0 unspecified atom stereocenters. The maximum absolute atomic E-state index is 11.8. The topological polar surface area (TPSA) is 99.5 Å². The largest absolute Gasteiger partial charge is 0.506 e. The van der Waals surface area contributed by atoms with Crippen molar-refractivity contribution in [1.82, 2.24) is 10.3 Å². The van der Waals surface area contributed by atoms with Crippen LogP contribution in [0.4, 0.5) is 0 Å². The standard InChI is InChI=1S/C14H12N2O4/c17-12-5-11(7-15-8-12)13(18)16-6-9-2-1-3-10(4-9)14(19)20/h1-5,7-8,17H,6H2,(H,16,18)(H,19,20). The minimum atomic E-state index is -1.02. The molecule has 1 heterocycles. The third-order valence-corrected chi connectivity index (χ3v) is 2.61. The predicted octanol–water partition coefficient (Wildman–Crippen LogP) is 1.42. The zero-order valence-electron chi connectivity index (χ0n) is 10.4.